The normalized spacial score (nSPS) is 14.2. The molecule has 0 atom stereocenters. The maximum absolute atomic E-state index is 13.2. The van der Waals surface area contributed by atoms with Gasteiger partial charge in [0.1, 0.15) is 0 Å². The van der Waals surface area contributed by atoms with Gasteiger partial charge in [0, 0.05) is 112 Å². The molecular weight excluding hydrogens is 1470 g/mol. The number of aliphatic imine (C=N–C) groups is 2. The van der Waals surface area contributed by atoms with Crippen LogP contribution in [0.1, 0.15) is 90.1 Å². The average molecular weight is 1530 g/mol. The lowest BCUT2D eigenvalue weighted by molar-refractivity contribution is 0.0910. The average Bonchev–Trinajstić information content (AvgIpc) is 1.62. The van der Waals surface area contributed by atoms with E-state index in [0.29, 0.717) is 63.3 Å². The van der Waals surface area contributed by atoms with Crippen molar-refractivity contribution in [2.45, 2.75) is 19.8 Å². The molecule has 15 aromatic carbocycles. The first kappa shape index (κ1) is 65.4. The number of carbonyl (C=O) groups excluding carboxylic acids is 6. The van der Waals surface area contributed by atoms with Crippen molar-refractivity contribution in [3.8, 4) is 11.3 Å². The lowest BCUT2D eigenvalue weighted by atomic mass is 9.92. The van der Waals surface area contributed by atoms with E-state index in [1.165, 1.54) is 14.7 Å². The Kier molecular flexibility index (Phi) is 14.4. The summed E-state index contributed by atoms with van der Waals surface area (Å²) < 4.78 is 1.02. The number of hydrogen-bond acceptors (Lipinski definition) is 8. The number of halogens is 1. The molecule has 5 aliphatic rings. The van der Waals surface area contributed by atoms with Crippen molar-refractivity contribution < 1.29 is 28.8 Å². The van der Waals surface area contributed by atoms with Crippen LogP contribution in [0.15, 0.2) is 300 Å². The van der Waals surface area contributed by atoms with E-state index in [1.807, 2.05) is 128 Å². The molecule has 0 aliphatic carbocycles. The van der Waals surface area contributed by atoms with Crippen molar-refractivity contribution >= 4 is 199 Å². The van der Waals surface area contributed by atoms with E-state index in [0.717, 1.165) is 175 Å². The molecule has 19 aromatic rings. The second-order valence-electron chi connectivity index (χ2n) is 29.2. The molecule has 4 aromatic heterocycles. The smallest absolute Gasteiger partial charge is 0.266 e. The van der Waals surface area contributed by atoms with E-state index >= 15 is 0 Å². The summed E-state index contributed by atoms with van der Waals surface area (Å²) in [7, 11) is 0. The molecule has 5 aliphatic heterocycles. The lowest BCUT2D eigenvalue weighted by Crippen LogP contribution is -2.29. The van der Waals surface area contributed by atoms with Gasteiger partial charge < -0.3 is 19.9 Å². The van der Waals surface area contributed by atoms with Crippen LogP contribution in [-0.4, -0.2) is 66.8 Å². The first-order chi connectivity index (χ1) is 55.4. The number of imide groups is 3. The summed E-state index contributed by atoms with van der Waals surface area (Å²) in [5.74, 6) is -1.72. The number of fused-ring (bicyclic) bond motifs is 24. The number of aromatic amines is 4. The number of amides is 6. The minimum atomic E-state index is -0.291. The number of anilines is 3. The third-order valence-electron chi connectivity index (χ3n) is 23.1. The quantitative estimate of drug-likeness (QED) is 0.0942. The van der Waals surface area contributed by atoms with Crippen molar-refractivity contribution in [2.24, 2.45) is 9.98 Å². The number of aryl methyl sites for hydroxylation is 1. The Morgan fingerprint density at radius 1 is 0.301 bits per heavy atom. The molecule has 0 spiro atoms. The van der Waals surface area contributed by atoms with Crippen LogP contribution in [0.5, 0.6) is 0 Å². The zero-order valence-electron chi connectivity index (χ0n) is 60.1. The molecule has 15 nitrogen and oxygen atoms in total. The van der Waals surface area contributed by atoms with E-state index in [-0.39, 0.29) is 35.4 Å². The number of carbonyl (C=O) groups is 6. The summed E-state index contributed by atoms with van der Waals surface area (Å²) in [6.45, 7) is 2.09. The van der Waals surface area contributed by atoms with Crippen LogP contribution in [0.25, 0.3) is 120 Å². The van der Waals surface area contributed by atoms with E-state index in [2.05, 4.69) is 128 Å². The van der Waals surface area contributed by atoms with E-state index in [1.54, 1.807) is 72.8 Å². The molecule has 24 rings (SSSR count). The highest BCUT2D eigenvalue weighted by Gasteiger charge is 2.40. The molecule has 0 radical (unpaired) electrons. The molecule has 534 valence electrons. The summed E-state index contributed by atoms with van der Waals surface area (Å²) >= 11 is 3.60. The number of hydrogen-bond donors (Lipinski definition) is 4. The minimum absolute atomic E-state index is 0.284. The maximum Gasteiger partial charge on any atom is 0.266 e. The number of H-pyrrole nitrogens is 4. The first-order valence-corrected chi connectivity index (χ1v) is 38.1. The predicted molar refractivity (Wildman–Crippen MR) is 455 cm³/mol. The number of aromatic nitrogens is 4. The summed E-state index contributed by atoms with van der Waals surface area (Å²) in [4.78, 5) is 108. The highest BCUT2D eigenvalue weighted by Crippen LogP contribution is 2.49. The van der Waals surface area contributed by atoms with Crippen LogP contribution >= 0.6 is 15.9 Å². The Balaban J connectivity index is 0.000000104. The van der Waals surface area contributed by atoms with Crippen molar-refractivity contribution in [1.82, 2.24) is 19.9 Å². The largest absolute Gasteiger partial charge is 0.360 e. The van der Waals surface area contributed by atoms with Crippen molar-refractivity contribution in [3.05, 3.63) is 351 Å². The fourth-order valence-electron chi connectivity index (χ4n) is 18.0. The fraction of sp³-hybridized carbons (Fsp3) is 0.0309. The summed E-state index contributed by atoms with van der Waals surface area (Å²) in [6, 6.07) is 88.5. The monoisotopic (exact) mass is 1520 g/mol. The van der Waals surface area contributed by atoms with Gasteiger partial charge in [0.05, 0.1) is 78.8 Å². The molecule has 4 N–H and O–H groups in total. The number of benzene rings is 15. The molecule has 16 heteroatoms. The van der Waals surface area contributed by atoms with Gasteiger partial charge in [-0.2, -0.15) is 0 Å². The van der Waals surface area contributed by atoms with Gasteiger partial charge in [0.25, 0.3) is 35.4 Å². The Bertz CT molecular complexity index is 7560. The van der Waals surface area contributed by atoms with E-state index in [9.17, 15) is 28.8 Å². The standard InChI is InChI=1S/C33H21N3O2.C32H18BrN3O2.C32H19N3O2/c1-18-30(25-12-6-7-13-28(25)34-18)29-17-27-26-16-19(36-32(37)23-10-4-5-11-24(23)33(36)38)14-15-21(26)20-8-2-3-9-22(20)31(27)35-29;33-17-9-12-28-25(13-17)27(16-34-28)29-15-26-24-14-18(36-31(37)22-7-3-4-8-23(22)32(36)38)10-11-20(24)19-5-1-2-6-21(19)30(26)35-29;36-31-23-10-3-4-11-24(23)32(37)35(31)18-13-14-20-19-7-1-2-9-22(19)30-26(25(20)15-18)16-29(34-30)27-17-33-28-12-6-5-8-21(27)28/h2-16,34H,17H2,1H3;1-16,34-35H;1-15,17,33H,16H2. The Hall–Kier alpha value is -14.7. The zero-order chi connectivity index (χ0) is 75.8. The SMILES string of the molecule is Cc1[nH]c2ccccc2c1C1=Nc2c(c3cc(N4C(=O)c5ccccc5C4=O)ccc3c3ccccc23)C1.O=C1c2ccccc2C(=O)N1c1ccc2c(c1)c1c(c3ccccc32)N=C(c2c[nH]c3ccccc23)C1.O=C1c2ccccc2C(=O)N1c1ccc2c3ccccc3c3[nH]c(-c4c[nH]c5ccc(Br)cc45)cc3c2c1. The zero-order valence-corrected chi connectivity index (χ0v) is 61.7. The van der Waals surface area contributed by atoms with Crippen LogP contribution in [0.2, 0.25) is 0 Å². The van der Waals surface area contributed by atoms with Gasteiger partial charge >= 0.3 is 0 Å². The molecule has 6 amide bonds. The molecule has 0 fully saturated rings. The number of rotatable bonds is 6. The minimum Gasteiger partial charge on any atom is -0.360 e. The number of nitrogens with zero attached hydrogens (tertiary/aromatic N) is 5. The second kappa shape index (κ2) is 24.9. The molecule has 0 saturated carbocycles. The predicted octanol–water partition coefficient (Wildman–Crippen LogP) is 22.4. The van der Waals surface area contributed by atoms with Crippen LogP contribution < -0.4 is 14.7 Å². The highest BCUT2D eigenvalue weighted by molar-refractivity contribution is 9.10. The highest BCUT2D eigenvalue weighted by atomic mass is 79.9. The van der Waals surface area contributed by atoms with Gasteiger partial charge in [-0.05, 0) is 176 Å². The van der Waals surface area contributed by atoms with Gasteiger partial charge in [-0.3, -0.25) is 38.8 Å². The molecule has 9 heterocycles. The van der Waals surface area contributed by atoms with Gasteiger partial charge in [-0.25, -0.2) is 14.7 Å². The molecule has 0 saturated heterocycles. The first-order valence-electron chi connectivity index (χ1n) is 37.3. The topological polar surface area (TPSA) is 200 Å². The van der Waals surface area contributed by atoms with Crippen LogP contribution in [-0.2, 0) is 12.8 Å². The van der Waals surface area contributed by atoms with Crippen LogP contribution in [0, 0.1) is 6.92 Å². The Morgan fingerprint density at radius 3 is 1.19 bits per heavy atom. The maximum atomic E-state index is 13.2. The fourth-order valence-corrected chi connectivity index (χ4v) is 18.3. The summed E-state index contributed by atoms with van der Waals surface area (Å²) in [5.41, 5.74) is 20.3. The molecule has 113 heavy (non-hydrogen) atoms. The third kappa shape index (κ3) is 9.86. The van der Waals surface area contributed by atoms with Crippen LogP contribution in [0.3, 0.4) is 0 Å². The Morgan fingerprint density at radius 2 is 0.681 bits per heavy atom. The van der Waals surface area contributed by atoms with Gasteiger partial charge in [0.15, 0.2) is 0 Å². The molecule has 0 unspecified atom stereocenters. The van der Waals surface area contributed by atoms with Crippen LogP contribution in [0.4, 0.5) is 28.4 Å². The van der Waals surface area contributed by atoms with Crippen molar-refractivity contribution in [2.75, 3.05) is 14.7 Å². The molecular formula is C97H58BrN9O6. The summed E-state index contributed by atoms with van der Waals surface area (Å²) in [6.07, 6.45) is 5.40. The number of nitrogens with one attached hydrogen (secondary N) is 4. The van der Waals surface area contributed by atoms with E-state index < -0.39 is 0 Å². The third-order valence-corrected chi connectivity index (χ3v) is 23.6. The Labute approximate surface area is 650 Å². The summed E-state index contributed by atoms with van der Waals surface area (Å²) in [5, 5.41) is 17.4. The molecule has 0 bridgehead atoms. The van der Waals surface area contributed by atoms with E-state index in [4.69, 9.17) is 9.98 Å². The number of para-hydroxylation sites is 2. The van der Waals surface area contributed by atoms with Crippen molar-refractivity contribution in [1.29, 1.82) is 0 Å². The van der Waals surface area contributed by atoms with Gasteiger partial charge in [-0.15, -0.1) is 0 Å². The van der Waals surface area contributed by atoms with Gasteiger partial charge in [-0.1, -0.05) is 180 Å². The van der Waals surface area contributed by atoms with Gasteiger partial charge in [0.2, 0.25) is 0 Å². The lowest BCUT2D eigenvalue weighted by Gasteiger charge is -2.17. The second-order valence-corrected chi connectivity index (χ2v) is 30.1. The van der Waals surface area contributed by atoms with Crippen molar-refractivity contribution in [3.63, 3.8) is 0 Å².